The van der Waals surface area contributed by atoms with Gasteiger partial charge < -0.3 is 10.6 Å². The first-order chi connectivity index (χ1) is 10.8. The summed E-state index contributed by atoms with van der Waals surface area (Å²) >= 11 is 5.79. The van der Waals surface area contributed by atoms with Crippen LogP contribution in [-0.2, 0) is 9.59 Å². The van der Waals surface area contributed by atoms with Crippen molar-refractivity contribution in [3.05, 3.63) is 58.1 Å². The Morgan fingerprint density at radius 3 is 2.00 bits per heavy atom. The van der Waals surface area contributed by atoms with Gasteiger partial charge in [-0.2, -0.15) is 0 Å². The summed E-state index contributed by atoms with van der Waals surface area (Å²) in [5.74, 6) is -0.709. The van der Waals surface area contributed by atoms with E-state index in [0.29, 0.717) is 10.7 Å². The smallest absolute Gasteiger partial charge is 0.233 e. The van der Waals surface area contributed by atoms with Crippen LogP contribution in [0.4, 0.5) is 11.4 Å². The molecule has 0 radical (unpaired) electrons. The Morgan fingerprint density at radius 2 is 1.43 bits per heavy atom. The summed E-state index contributed by atoms with van der Waals surface area (Å²) in [5, 5.41) is 6.07. The predicted molar refractivity (Wildman–Crippen MR) is 94.0 cm³/mol. The van der Waals surface area contributed by atoms with E-state index in [1.807, 2.05) is 32.9 Å². The largest absolute Gasteiger partial charge is 0.326 e. The number of nitrogens with one attached hydrogen (secondary N) is 2. The molecule has 0 saturated heterocycles. The molecule has 2 aromatic rings. The molecule has 2 rings (SSSR count). The number of carbonyl (C=O) groups excluding carboxylic acids is 2. The molecule has 0 aliphatic rings. The van der Waals surface area contributed by atoms with Gasteiger partial charge in [0, 0.05) is 16.4 Å². The van der Waals surface area contributed by atoms with E-state index in [1.54, 1.807) is 24.3 Å². The van der Waals surface area contributed by atoms with Crippen LogP contribution in [0.2, 0.25) is 5.02 Å². The molecule has 120 valence electrons. The van der Waals surface area contributed by atoms with Crippen LogP contribution in [0.3, 0.4) is 0 Å². The van der Waals surface area contributed by atoms with Crippen molar-refractivity contribution in [2.45, 2.75) is 27.2 Å². The number of rotatable bonds is 4. The van der Waals surface area contributed by atoms with E-state index in [1.165, 1.54) is 0 Å². The van der Waals surface area contributed by atoms with Crippen LogP contribution in [0.25, 0.3) is 0 Å². The summed E-state index contributed by atoms with van der Waals surface area (Å²) in [6.07, 6.45) is -0.241. The Balaban J connectivity index is 1.97. The van der Waals surface area contributed by atoms with E-state index in [4.69, 9.17) is 11.6 Å². The molecule has 0 atom stereocenters. The van der Waals surface area contributed by atoms with E-state index in [-0.39, 0.29) is 18.2 Å². The zero-order valence-corrected chi connectivity index (χ0v) is 14.1. The number of carbonyl (C=O) groups is 2. The first kappa shape index (κ1) is 17.0. The van der Waals surface area contributed by atoms with Crippen molar-refractivity contribution in [3.63, 3.8) is 0 Å². The number of anilines is 2. The van der Waals surface area contributed by atoms with Crippen LogP contribution in [-0.4, -0.2) is 11.8 Å². The van der Waals surface area contributed by atoms with E-state index >= 15 is 0 Å². The summed E-state index contributed by atoms with van der Waals surface area (Å²) in [4.78, 5) is 24.0. The van der Waals surface area contributed by atoms with Gasteiger partial charge in [0.25, 0.3) is 0 Å². The highest BCUT2D eigenvalue weighted by molar-refractivity contribution is 6.30. The molecule has 2 amide bonds. The molecule has 0 aliphatic carbocycles. The molecule has 2 aromatic carbocycles. The number of hydrogen-bond donors (Lipinski definition) is 2. The van der Waals surface area contributed by atoms with E-state index < -0.39 is 0 Å². The van der Waals surface area contributed by atoms with Gasteiger partial charge in [-0.05, 0) is 56.2 Å². The molecule has 23 heavy (non-hydrogen) atoms. The Labute approximate surface area is 140 Å². The maximum absolute atomic E-state index is 12.1. The molecule has 0 fully saturated rings. The second-order valence-corrected chi connectivity index (χ2v) is 5.99. The van der Waals surface area contributed by atoms with Gasteiger partial charge >= 0.3 is 0 Å². The summed E-state index contributed by atoms with van der Waals surface area (Å²) in [7, 11) is 0. The van der Waals surface area contributed by atoms with Crippen LogP contribution in [0.5, 0.6) is 0 Å². The average molecular weight is 331 g/mol. The third-order valence-electron chi connectivity index (χ3n) is 3.39. The number of aryl methyl sites for hydroxylation is 3. The van der Waals surface area contributed by atoms with Crippen molar-refractivity contribution in [2.24, 2.45) is 0 Å². The minimum atomic E-state index is -0.368. The van der Waals surface area contributed by atoms with Crippen molar-refractivity contribution in [1.82, 2.24) is 0 Å². The molecular formula is C18H19ClN2O2. The highest BCUT2D eigenvalue weighted by Gasteiger charge is 2.12. The second kappa shape index (κ2) is 7.29. The van der Waals surface area contributed by atoms with E-state index in [9.17, 15) is 9.59 Å². The van der Waals surface area contributed by atoms with Crippen molar-refractivity contribution in [2.75, 3.05) is 10.6 Å². The number of amides is 2. The maximum Gasteiger partial charge on any atom is 0.233 e. The number of hydrogen-bond acceptors (Lipinski definition) is 2. The third kappa shape index (κ3) is 4.83. The highest BCUT2D eigenvalue weighted by Crippen LogP contribution is 2.22. The first-order valence-electron chi connectivity index (χ1n) is 7.28. The third-order valence-corrected chi connectivity index (χ3v) is 3.64. The van der Waals surface area contributed by atoms with Crippen molar-refractivity contribution < 1.29 is 9.59 Å². The highest BCUT2D eigenvalue weighted by atomic mass is 35.5. The standard InChI is InChI=1S/C18H19ClN2O2/c1-11-8-12(2)18(13(3)9-11)21-17(23)10-16(22)20-15-6-4-14(19)5-7-15/h4-9H,10H2,1-3H3,(H,20,22)(H,21,23). The lowest BCUT2D eigenvalue weighted by atomic mass is 10.0. The summed E-state index contributed by atoms with van der Waals surface area (Å²) in [5.41, 5.74) is 4.47. The van der Waals surface area contributed by atoms with Gasteiger partial charge in [-0.25, -0.2) is 0 Å². The number of halogens is 1. The molecule has 0 bridgehead atoms. The van der Waals surface area contributed by atoms with Crippen molar-refractivity contribution in [3.8, 4) is 0 Å². The Morgan fingerprint density at radius 1 is 0.913 bits per heavy atom. The van der Waals surface area contributed by atoms with Crippen LogP contribution in [0.1, 0.15) is 23.1 Å². The fourth-order valence-corrected chi connectivity index (χ4v) is 2.57. The minimum absolute atomic E-state index is 0.241. The van der Waals surface area contributed by atoms with Gasteiger partial charge in [0.1, 0.15) is 6.42 Å². The lowest BCUT2D eigenvalue weighted by molar-refractivity contribution is -0.123. The Kier molecular flexibility index (Phi) is 5.40. The fourth-order valence-electron chi connectivity index (χ4n) is 2.45. The average Bonchev–Trinajstić information content (AvgIpc) is 2.45. The van der Waals surface area contributed by atoms with Gasteiger partial charge in [0.2, 0.25) is 11.8 Å². The van der Waals surface area contributed by atoms with Crippen molar-refractivity contribution >= 4 is 34.8 Å². The molecule has 0 aliphatic heterocycles. The zero-order chi connectivity index (χ0) is 17.0. The molecule has 0 heterocycles. The van der Waals surface area contributed by atoms with Crippen LogP contribution >= 0.6 is 11.6 Å². The maximum atomic E-state index is 12.1. The summed E-state index contributed by atoms with van der Waals surface area (Å²) in [6, 6.07) is 10.7. The molecule has 2 N–H and O–H groups in total. The molecule has 0 aromatic heterocycles. The van der Waals surface area contributed by atoms with Gasteiger partial charge in [-0.1, -0.05) is 29.3 Å². The van der Waals surface area contributed by atoms with Gasteiger partial charge in [-0.15, -0.1) is 0 Å². The second-order valence-electron chi connectivity index (χ2n) is 5.55. The normalized spacial score (nSPS) is 10.3. The predicted octanol–water partition coefficient (Wildman–Crippen LogP) is 4.23. The van der Waals surface area contributed by atoms with Crippen LogP contribution in [0.15, 0.2) is 36.4 Å². The van der Waals surface area contributed by atoms with Crippen LogP contribution in [0, 0.1) is 20.8 Å². The molecule has 0 unspecified atom stereocenters. The van der Waals surface area contributed by atoms with E-state index in [2.05, 4.69) is 10.6 Å². The molecule has 0 saturated carbocycles. The van der Waals surface area contributed by atoms with Gasteiger partial charge in [0.15, 0.2) is 0 Å². The quantitative estimate of drug-likeness (QED) is 0.824. The molecule has 4 nitrogen and oxygen atoms in total. The first-order valence-corrected chi connectivity index (χ1v) is 7.66. The molecule has 0 spiro atoms. The van der Waals surface area contributed by atoms with Gasteiger partial charge in [-0.3, -0.25) is 9.59 Å². The summed E-state index contributed by atoms with van der Waals surface area (Å²) < 4.78 is 0. The van der Waals surface area contributed by atoms with Crippen LogP contribution < -0.4 is 10.6 Å². The Hall–Kier alpha value is -2.33. The Bertz CT molecular complexity index is 716. The zero-order valence-electron chi connectivity index (χ0n) is 13.4. The monoisotopic (exact) mass is 330 g/mol. The minimum Gasteiger partial charge on any atom is -0.326 e. The lowest BCUT2D eigenvalue weighted by Gasteiger charge is -2.13. The SMILES string of the molecule is Cc1cc(C)c(NC(=O)CC(=O)Nc2ccc(Cl)cc2)c(C)c1. The van der Waals surface area contributed by atoms with E-state index in [0.717, 1.165) is 22.4 Å². The van der Waals surface area contributed by atoms with Gasteiger partial charge in [0.05, 0.1) is 0 Å². The number of benzene rings is 2. The topological polar surface area (TPSA) is 58.2 Å². The molecular weight excluding hydrogens is 312 g/mol. The molecule has 5 heteroatoms. The lowest BCUT2D eigenvalue weighted by Crippen LogP contribution is -2.22. The fraction of sp³-hybridized carbons (Fsp3) is 0.222. The van der Waals surface area contributed by atoms with Crippen molar-refractivity contribution in [1.29, 1.82) is 0 Å². The summed E-state index contributed by atoms with van der Waals surface area (Å²) in [6.45, 7) is 5.87.